The van der Waals surface area contributed by atoms with E-state index in [1.54, 1.807) is 0 Å². The van der Waals surface area contributed by atoms with E-state index in [2.05, 4.69) is 0 Å². The lowest BCUT2D eigenvalue weighted by atomic mass is 10.2. The first-order chi connectivity index (χ1) is 10.7. The van der Waals surface area contributed by atoms with Crippen LogP contribution >= 0.6 is 0 Å². The molecule has 0 aliphatic carbocycles. The number of ether oxygens (including phenoxy) is 1. The molecule has 0 fully saturated rings. The zero-order valence-electron chi connectivity index (χ0n) is 12.1. The molecule has 0 aliphatic heterocycles. The maximum atomic E-state index is 12.1. The Morgan fingerprint density at radius 3 is 2.00 bits per heavy atom. The summed E-state index contributed by atoms with van der Waals surface area (Å²) in [6, 6.07) is 18.5. The van der Waals surface area contributed by atoms with Gasteiger partial charge in [-0.15, -0.1) is 0 Å². The van der Waals surface area contributed by atoms with Gasteiger partial charge in [0.05, 0.1) is 13.1 Å². The Labute approximate surface area is 129 Å². The van der Waals surface area contributed by atoms with Crippen molar-refractivity contribution in [2.24, 2.45) is 5.73 Å². The summed E-state index contributed by atoms with van der Waals surface area (Å²) in [7, 11) is 0. The molecule has 5 nitrogen and oxygen atoms in total. The second-order valence-electron chi connectivity index (χ2n) is 4.71. The molecule has 0 aromatic heterocycles. The Morgan fingerprint density at radius 1 is 0.909 bits per heavy atom. The number of carbonyl (C=O) groups is 2. The minimum atomic E-state index is -0.692. The van der Waals surface area contributed by atoms with Gasteiger partial charge < -0.3 is 10.5 Å². The number of imide groups is 1. The summed E-state index contributed by atoms with van der Waals surface area (Å²) in [6.07, 6.45) is -0.692. The Balaban J connectivity index is 2.02. The third-order valence-corrected chi connectivity index (χ3v) is 3.08. The standard InChI is InChI=1S/C17H18N2O3/c18-11-16(20)19(12-14-7-3-1-4-8-14)17(21)22-13-15-9-5-2-6-10-15/h1-10H,11-13,18H2. The predicted octanol–water partition coefficient (Wildman–Crippen LogP) is 2.31. The van der Waals surface area contributed by atoms with Crippen LogP contribution in [0.15, 0.2) is 60.7 Å². The number of carbonyl (C=O) groups excluding carboxylic acids is 2. The van der Waals surface area contributed by atoms with Crippen LogP contribution in [0.1, 0.15) is 11.1 Å². The zero-order chi connectivity index (χ0) is 15.8. The SMILES string of the molecule is NCC(=O)N(Cc1ccccc1)C(=O)OCc1ccccc1. The van der Waals surface area contributed by atoms with Crippen LogP contribution < -0.4 is 5.73 Å². The highest BCUT2D eigenvalue weighted by molar-refractivity contribution is 5.92. The van der Waals surface area contributed by atoms with Crippen molar-refractivity contribution in [1.82, 2.24) is 4.90 Å². The van der Waals surface area contributed by atoms with Gasteiger partial charge in [-0.25, -0.2) is 9.69 Å². The van der Waals surface area contributed by atoms with Gasteiger partial charge in [0.2, 0.25) is 5.91 Å². The summed E-state index contributed by atoms with van der Waals surface area (Å²) in [5, 5.41) is 0. The highest BCUT2D eigenvalue weighted by Crippen LogP contribution is 2.08. The van der Waals surface area contributed by atoms with E-state index in [0.717, 1.165) is 16.0 Å². The van der Waals surface area contributed by atoms with Crippen LogP contribution in [0.2, 0.25) is 0 Å². The molecule has 0 saturated carbocycles. The lowest BCUT2D eigenvalue weighted by molar-refractivity contribution is -0.128. The molecule has 2 aromatic carbocycles. The van der Waals surface area contributed by atoms with Crippen LogP contribution in [0.5, 0.6) is 0 Å². The average molecular weight is 298 g/mol. The maximum absolute atomic E-state index is 12.1. The number of nitrogens with zero attached hydrogens (tertiary/aromatic N) is 1. The first-order valence-corrected chi connectivity index (χ1v) is 6.95. The summed E-state index contributed by atoms with van der Waals surface area (Å²) in [5.74, 6) is -0.470. The van der Waals surface area contributed by atoms with Gasteiger partial charge in [0.1, 0.15) is 6.61 Å². The van der Waals surface area contributed by atoms with Crippen LogP contribution in [0.25, 0.3) is 0 Å². The van der Waals surface area contributed by atoms with Crippen molar-refractivity contribution in [3.05, 3.63) is 71.8 Å². The molecule has 2 rings (SSSR count). The van der Waals surface area contributed by atoms with E-state index in [-0.39, 0.29) is 19.7 Å². The van der Waals surface area contributed by atoms with Gasteiger partial charge in [-0.05, 0) is 11.1 Å². The van der Waals surface area contributed by atoms with Crippen molar-refractivity contribution in [3.8, 4) is 0 Å². The van der Waals surface area contributed by atoms with Crippen molar-refractivity contribution in [2.45, 2.75) is 13.2 Å². The van der Waals surface area contributed by atoms with E-state index in [1.807, 2.05) is 60.7 Å². The minimum absolute atomic E-state index is 0.114. The van der Waals surface area contributed by atoms with Crippen molar-refractivity contribution >= 4 is 12.0 Å². The van der Waals surface area contributed by atoms with Crippen LogP contribution in [-0.4, -0.2) is 23.4 Å². The first kappa shape index (κ1) is 15.7. The topological polar surface area (TPSA) is 72.6 Å². The van der Waals surface area contributed by atoms with E-state index < -0.39 is 12.0 Å². The number of benzene rings is 2. The van der Waals surface area contributed by atoms with Crippen molar-refractivity contribution in [3.63, 3.8) is 0 Å². The summed E-state index contributed by atoms with van der Waals surface area (Å²) in [5.41, 5.74) is 7.06. The van der Waals surface area contributed by atoms with Crippen LogP contribution in [0.3, 0.4) is 0 Å². The number of hydrogen-bond donors (Lipinski definition) is 1. The molecule has 0 atom stereocenters. The highest BCUT2D eigenvalue weighted by atomic mass is 16.6. The summed E-state index contributed by atoms with van der Waals surface area (Å²) in [6.45, 7) is 0.0145. The van der Waals surface area contributed by atoms with E-state index in [0.29, 0.717) is 0 Å². The van der Waals surface area contributed by atoms with E-state index >= 15 is 0 Å². The van der Waals surface area contributed by atoms with Crippen molar-refractivity contribution in [2.75, 3.05) is 6.54 Å². The fourth-order valence-electron chi connectivity index (χ4n) is 1.93. The lowest BCUT2D eigenvalue weighted by Crippen LogP contribution is -2.40. The highest BCUT2D eigenvalue weighted by Gasteiger charge is 2.22. The molecule has 2 aromatic rings. The smallest absolute Gasteiger partial charge is 0.417 e. The van der Waals surface area contributed by atoms with Crippen LogP contribution in [-0.2, 0) is 22.7 Å². The minimum Gasteiger partial charge on any atom is -0.444 e. The van der Waals surface area contributed by atoms with Gasteiger partial charge in [0.25, 0.3) is 0 Å². The molecule has 0 unspecified atom stereocenters. The van der Waals surface area contributed by atoms with Crippen molar-refractivity contribution < 1.29 is 14.3 Å². The van der Waals surface area contributed by atoms with Gasteiger partial charge in [0.15, 0.2) is 0 Å². The molecule has 0 bridgehead atoms. The summed E-state index contributed by atoms with van der Waals surface area (Å²) in [4.78, 5) is 25.0. The van der Waals surface area contributed by atoms with Gasteiger partial charge in [-0.1, -0.05) is 60.7 Å². The van der Waals surface area contributed by atoms with E-state index in [9.17, 15) is 9.59 Å². The predicted molar refractivity (Wildman–Crippen MR) is 82.7 cm³/mol. The second kappa shape index (κ2) is 7.95. The van der Waals surface area contributed by atoms with Crippen LogP contribution in [0.4, 0.5) is 4.79 Å². The summed E-state index contributed by atoms with van der Waals surface area (Å²) >= 11 is 0. The maximum Gasteiger partial charge on any atom is 0.417 e. The largest absolute Gasteiger partial charge is 0.444 e. The molecular weight excluding hydrogens is 280 g/mol. The molecule has 2 N–H and O–H groups in total. The normalized spacial score (nSPS) is 10.0. The van der Waals surface area contributed by atoms with Gasteiger partial charge in [0, 0.05) is 0 Å². The fraction of sp³-hybridized carbons (Fsp3) is 0.176. The molecule has 0 heterocycles. The third kappa shape index (κ3) is 4.43. The van der Waals surface area contributed by atoms with E-state index in [1.165, 1.54) is 0 Å². The molecule has 0 radical (unpaired) electrons. The number of rotatable bonds is 5. The zero-order valence-corrected chi connectivity index (χ0v) is 12.1. The molecule has 114 valence electrons. The first-order valence-electron chi connectivity index (χ1n) is 6.95. The molecular formula is C17H18N2O3. The van der Waals surface area contributed by atoms with Crippen molar-refractivity contribution in [1.29, 1.82) is 0 Å². The van der Waals surface area contributed by atoms with E-state index in [4.69, 9.17) is 10.5 Å². The molecule has 0 aliphatic rings. The quantitative estimate of drug-likeness (QED) is 0.919. The second-order valence-corrected chi connectivity index (χ2v) is 4.71. The molecule has 5 heteroatoms. The monoisotopic (exact) mass is 298 g/mol. The van der Waals surface area contributed by atoms with Gasteiger partial charge in [-0.2, -0.15) is 0 Å². The number of nitrogens with two attached hydrogens (primary N) is 1. The Hall–Kier alpha value is -2.66. The van der Waals surface area contributed by atoms with Gasteiger partial charge >= 0.3 is 6.09 Å². The summed E-state index contributed by atoms with van der Waals surface area (Å²) < 4.78 is 5.20. The van der Waals surface area contributed by atoms with Gasteiger partial charge in [-0.3, -0.25) is 4.79 Å². The number of amides is 2. The Kier molecular flexibility index (Phi) is 5.68. The molecule has 0 spiro atoms. The van der Waals surface area contributed by atoms with Crippen LogP contribution in [0, 0.1) is 0 Å². The Bertz CT molecular complexity index is 614. The average Bonchev–Trinajstić information content (AvgIpc) is 2.58. The third-order valence-electron chi connectivity index (χ3n) is 3.08. The molecule has 0 saturated heterocycles. The Morgan fingerprint density at radius 2 is 1.45 bits per heavy atom. The fourth-order valence-corrected chi connectivity index (χ4v) is 1.93. The molecule has 2 amide bonds. The molecule has 22 heavy (non-hydrogen) atoms. The number of hydrogen-bond acceptors (Lipinski definition) is 4. The lowest BCUT2D eigenvalue weighted by Gasteiger charge is -2.20.